The zero-order valence-corrected chi connectivity index (χ0v) is 20.9. The van der Waals surface area contributed by atoms with E-state index in [1.165, 1.54) is 0 Å². The maximum Gasteiger partial charge on any atom is 0.252 e. The Balaban J connectivity index is 1.55. The van der Waals surface area contributed by atoms with Gasteiger partial charge in [0.2, 0.25) is 0 Å². The number of nitrogens with one attached hydrogen (secondary N) is 1. The van der Waals surface area contributed by atoms with Crippen LogP contribution in [0, 0.1) is 19.8 Å². The summed E-state index contributed by atoms with van der Waals surface area (Å²) >= 11 is 0. The second kappa shape index (κ2) is 9.94. The van der Waals surface area contributed by atoms with E-state index < -0.39 is 0 Å². The van der Waals surface area contributed by atoms with Crippen molar-refractivity contribution < 1.29 is 8.83 Å². The van der Waals surface area contributed by atoms with Crippen LogP contribution in [0.4, 0.5) is 0 Å². The van der Waals surface area contributed by atoms with Gasteiger partial charge in [-0.2, -0.15) is 0 Å². The maximum atomic E-state index is 13.2. The molecule has 0 radical (unpaired) electrons. The van der Waals surface area contributed by atoms with Crippen molar-refractivity contribution in [2.45, 2.75) is 53.4 Å². The van der Waals surface area contributed by atoms with Gasteiger partial charge >= 0.3 is 0 Å². The molecule has 0 spiro atoms. The first-order chi connectivity index (χ1) is 17.4. The van der Waals surface area contributed by atoms with Crippen LogP contribution in [0.5, 0.6) is 0 Å². The fourth-order valence-corrected chi connectivity index (χ4v) is 4.89. The number of H-pyrrole nitrogens is 1. The Morgan fingerprint density at radius 1 is 1.03 bits per heavy atom. The van der Waals surface area contributed by atoms with Crippen LogP contribution in [0.2, 0.25) is 0 Å². The van der Waals surface area contributed by atoms with Gasteiger partial charge in [0.15, 0.2) is 5.82 Å². The molecule has 0 saturated carbocycles. The number of aromatic nitrogens is 5. The summed E-state index contributed by atoms with van der Waals surface area (Å²) in [6, 6.07) is 13.5. The number of hydrogen-bond acceptors (Lipinski definition) is 7. The van der Waals surface area contributed by atoms with Crippen LogP contribution in [0.25, 0.3) is 10.9 Å². The average Bonchev–Trinajstić information content (AvgIpc) is 3.60. The van der Waals surface area contributed by atoms with E-state index in [0.717, 1.165) is 33.6 Å². The van der Waals surface area contributed by atoms with E-state index in [2.05, 4.69) is 58.3 Å². The molecule has 0 aliphatic carbocycles. The van der Waals surface area contributed by atoms with E-state index >= 15 is 0 Å². The number of hydrogen-bond donors (Lipinski definition) is 1. The summed E-state index contributed by atoms with van der Waals surface area (Å²) in [7, 11) is 0. The van der Waals surface area contributed by atoms with E-state index in [1.54, 1.807) is 17.2 Å². The second-order valence-corrected chi connectivity index (χ2v) is 9.62. The van der Waals surface area contributed by atoms with Crippen LogP contribution in [-0.2, 0) is 19.6 Å². The molecule has 186 valence electrons. The Bertz CT molecular complexity index is 1500. The summed E-state index contributed by atoms with van der Waals surface area (Å²) in [6.45, 7) is 9.65. The third-order valence-electron chi connectivity index (χ3n) is 6.42. The van der Waals surface area contributed by atoms with Crippen molar-refractivity contribution in [3.05, 3.63) is 99.4 Å². The summed E-state index contributed by atoms with van der Waals surface area (Å²) in [5.74, 6) is 2.41. The molecule has 0 bridgehead atoms. The number of tetrazole rings is 1. The van der Waals surface area contributed by atoms with Crippen LogP contribution in [-0.4, -0.2) is 30.1 Å². The van der Waals surface area contributed by atoms with Crippen molar-refractivity contribution in [1.82, 2.24) is 30.1 Å². The average molecular weight is 487 g/mol. The number of benzene rings is 1. The van der Waals surface area contributed by atoms with E-state index in [4.69, 9.17) is 8.83 Å². The first-order valence-corrected chi connectivity index (χ1v) is 12.1. The molecule has 5 rings (SSSR count). The summed E-state index contributed by atoms with van der Waals surface area (Å²) in [5.41, 5.74) is 3.65. The SMILES string of the molecule is Cc1cc(C)c2[nH]c(=O)c(CN(Cc3ccco3)[C@@H](c3nnnn3Cc3ccco3)C(C)C)cc2c1. The van der Waals surface area contributed by atoms with Crippen LogP contribution < -0.4 is 5.56 Å². The molecule has 36 heavy (non-hydrogen) atoms. The molecule has 9 heteroatoms. The minimum Gasteiger partial charge on any atom is -0.468 e. The highest BCUT2D eigenvalue weighted by atomic mass is 16.3. The van der Waals surface area contributed by atoms with Crippen molar-refractivity contribution in [2.75, 3.05) is 0 Å². The van der Waals surface area contributed by atoms with Gasteiger partial charge in [-0.25, -0.2) is 4.68 Å². The van der Waals surface area contributed by atoms with Gasteiger partial charge in [0, 0.05) is 12.1 Å². The molecule has 0 aliphatic heterocycles. The Kier molecular flexibility index (Phi) is 6.56. The smallest absolute Gasteiger partial charge is 0.252 e. The number of aryl methyl sites for hydroxylation is 2. The van der Waals surface area contributed by atoms with Crippen molar-refractivity contribution in [3.8, 4) is 0 Å². The van der Waals surface area contributed by atoms with Crippen molar-refractivity contribution in [3.63, 3.8) is 0 Å². The molecule has 1 aromatic carbocycles. The summed E-state index contributed by atoms with van der Waals surface area (Å²) in [5, 5.41) is 13.6. The highest BCUT2D eigenvalue weighted by Gasteiger charge is 2.31. The Morgan fingerprint density at radius 3 is 2.47 bits per heavy atom. The predicted octanol–water partition coefficient (Wildman–Crippen LogP) is 4.77. The zero-order valence-electron chi connectivity index (χ0n) is 20.9. The number of rotatable bonds is 9. The van der Waals surface area contributed by atoms with Crippen LogP contribution in [0.3, 0.4) is 0 Å². The molecular weight excluding hydrogens is 456 g/mol. The minimum absolute atomic E-state index is 0.100. The highest BCUT2D eigenvalue weighted by Crippen LogP contribution is 2.31. The zero-order chi connectivity index (χ0) is 25.2. The third-order valence-corrected chi connectivity index (χ3v) is 6.42. The molecule has 0 fully saturated rings. The Hall–Kier alpha value is -3.98. The van der Waals surface area contributed by atoms with Gasteiger partial charge in [-0.1, -0.05) is 25.5 Å². The summed E-state index contributed by atoms with van der Waals surface area (Å²) in [4.78, 5) is 18.5. The van der Waals surface area contributed by atoms with Gasteiger partial charge in [0.25, 0.3) is 5.56 Å². The summed E-state index contributed by atoms with van der Waals surface area (Å²) < 4.78 is 13.0. The van der Waals surface area contributed by atoms with Crippen LogP contribution in [0.15, 0.2) is 68.6 Å². The lowest BCUT2D eigenvalue weighted by atomic mass is 9.99. The van der Waals surface area contributed by atoms with Gasteiger partial charge in [0.05, 0.1) is 30.6 Å². The predicted molar refractivity (Wildman–Crippen MR) is 135 cm³/mol. The quantitative estimate of drug-likeness (QED) is 0.320. The molecule has 0 unspecified atom stereocenters. The molecule has 4 heterocycles. The van der Waals surface area contributed by atoms with E-state index in [1.807, 2.05) is 37.3 Å². The van der Waals surface area contributed by atoms with Gasteiger partial charge in [0.1, 0.15) is 18.1 Å². The number of pyridine rings is 1. The lowest BCUT2D eigenvalue weighted by molar-refractivity contribution is 0.116. The Morgan fingerprint density at radius 2 is 1.78 bits per heavy atom. The number of fused-ring (bicyclic) bond motifs is 1. The van der Waals surface area contributed by atoms with Crippen LogP contribution >= 0.6 is 0 Å². The van der Waals surface area contributed by atoms with Gasteiger partial charge in [-0.15, -0.1) is 5.10 Å². The van der Waals surface area contributed by atoms with Crippen LogP contribution in [0.1, 0.15) is 53.9 Å². The molecule has 1 N–H and O–H groups in total. The topological polar surface area (TPSA) is 106 Å². The van der Waals surface area contributed by atoms with Gasteiger partial charge < -0.3 is 13.8 Å². The van der Waals surface area contributed by atoms with Crippen molar-refractivity contribution in [1.29, 1.82) is 0 Å². The lowest BCUT2D eigenvalue weighted by Gasteiger charge is -2.32. The number of aromatic amines is 1. The third kappa shape index (κ3) is 4.87. The van der Waals surface area contributed by atoms with Crippen molar-refractivity contribution >= 4 is 10.9 Å². The largest absolute Gasteiger partial charge is 0.468 e. The monoisotopic (exact) mass is 486 g/mol. The lowest BCUT2D eigenvalue weighted by Crippen LogP contribution is -2.35. The molecule has 5 aromatic rings. The Labute approximate surface area is 208 Å². The van der Waals surface area contributed by atoms with Crippen molar-refractivity contribution in [2.24, 2.45) is 5.92 Å². The fraction of sp³-hybridized carbons (Fsp3) is 0.333. The minimum atomic E-state index is -0.186. The highest BCUT2D eigenvalue weighted by molar-refractivity contribution is 5.82. The molecular formula is C27H30N6O3. The summed E-state index contributed by atoms with van der Waals surface area (Å²) in [6.07, 6.45) is 3.30. The van der Waals surface area contributed by atoms with Gasteiger partial charge in [-0.05, 0) is 77.5 Å². The first kappa shape index (κ1) is 23.7. The fourth-order valence-electron chi connectivity index (χ4n) is 4.89. The molecule has 0 amide bonds. The maximum absolute atomic E-state index is 13.2. The second-order valence-electron chi connectivity index (χ2n) is 9.62. The standard InChI is InChI=1S/C27H30N6O3/c1-17(2)25(26-29-30-31-33(26)16-23-8-6-10-36-23)32(15-22-7-5-9-35-22)14-21-13-20-12-18(3)11-19(4)24(20)28-27(21)34/h5-13,17,25H,14-16H2,1-4H3,(H,28,34)/t25-/m1/s1. The molecule has 1 atom stereocenters. The normalized spacial score (nSPS) is 12.7. The van der Waals surface area contributed by atoms with E-state index in [-0.39, 0.29) is 17.5 Å². The van der Waals surface area contributed by atoms with Gasteiger partial charge in [-0.3, -0.25) is 9.69 Å². The molecule has 9 nitrogen and oxygen atoms in total. The first-order valence-electron chi connectivity index (χ1n) is 12.1. The van der Waals surface area contributed by atoms with E-state index in [0.29, 0.717) is 31.0 Å². The number of furan rings is 2. The van der Waals surface area contributed by atoms with E-state index in [9.17, 15) is 4.79 Å². The molecule has 4 aromatic heterocycles. The molecule has 0 saturated heterocycles. The number of nitrogens with zero attached hydrogens (tertiary/aromatic N) is 5. The molecule has 0 aliphatic rings.